The third-order valence-electron chi connectivity index (χ3n) is 11.3. The van der Waals surface area contributed by atoms with Gasteiger partial charge in [0.15, 0.2) is 18.7 Å². The number of ether oxygens (including phenoxy) is 12. The van der Waals surface area contributed by atoms with Gasteiger partial charge in [-0.3, -0.25) is 4.79 Å². The van der Waals surface area contributed by atoms with Crippen LogP contribution in [0.5, 0.6) is 0 Å². The van der Waals surface area contributed by atoms with E-state index in [1.807, 2.05) is 13.8 Å². The maximum atomic E-state index is 15.9. The Kier molecular flexibility index (Phi) is 27.5. The molecule has 360 valence electrons. The quantitative estimate of drug-likeness (QED) is 0.0579. The molecule has 15 atom stereocenters. The van der Waals surface area contributed by atoms with Crippen molar-refractivity contribution < 1.29 is 76.2 Å². The number of carbonyl (C=O) groups excluding carboxylic acids is 1. The van der Waals surface area contributed by atoms with Crippen molar-refractivity contribution in [3.05, 3.63) is 0 Å². The average Bonchev–Trinajstić information content (AvgIpc) is 3.24. The zero-order valence-electron chi connectivity index (χ0n) is 38.6. The highest BCUT2D eigenvalue weighted by molar-refractivity contribution is 5.66. The molecule has 61 heavy (non-hydrogen) atoms. The summed E-state index contributed by atoms with van der Waals surface area (Å²) in [6.07, 6.45) is -4.79. The van der Waals surface area contributed by atoms with E-state index in [1.54, 1.807) is 0 Å². The Morgan fingerprint density at radius 3 is 1.49 bits per heavy atom. The summed E-state index contributed by atoms with van der Waals surface area (Å²) in [5.74, 6) is -1.12. The van der Waals surface area contributed by atoms with Gasteiger partial charge in [0.2, 0.25) is 6.36 Å². The van der Waals surface area contributed by atoms with E-state index in [9.17, 15) is 15.0 Å². The number of hydrogen-bond donors (Lipinski definition) is 2. The first kappa shape index (κ1) is 54.2. The zero-order valence-corrected chi connectivity index (χ0v) is 38.6. The van der Waals surface area contributed by atoms with Crippen LogP contribution in [-0.2, 0) is 61.6 Å². The smallest absolute Gasteiger partial charge is 0.303 e. The molecule has 0 aromatic rings. The normalized spacial score (nSPS) is 34.4. The molecule has 3 heterocycles. The van der Waals surface area contributed by atoms with Crippen LogP contribution in [-0.4, -0.2) is 162 Å². The van der Waals surface area contributed by atoms with E-state index in [0.717, 1.165) is 70.6 Å². The van der Waals surface area contributed by atoms with Crippen molar-refractivity contribution in [3.8, 4) is 0 Å². The Morgan fingerprint density at radius 1 is 0.541 bits per heavy atom. The van der Waals surface area contributed by atoms with E-state index >= 15 is 4.39 Å². The van der Waals surface area contributed by atoms with E-state index < -0.39 is 105 Å². The van der Waals surface area contributed by atoms with E-state index in [0.29, 0.717) is 39.5 Å². The van der Waals surface area contributed by atoms with Crippen molar-refractivity contribution in [2.24, 2.45) is 5.92 Å². The van der Waals surface area contributed by atoms with Crippen molar-refractivity contribution in [1.29, 1.82) is 0 Å². The summed E-state index contributed by atoms with van der Waals surface area (Å²) in [6.45, 7) is 17.7. The molecule has 3 aliphatic rings. The Balaban J connectivity index is 2.07. The number of alkyl halides is 1. The van der Waals surface area contributed by atoms with Gasteiger partial charge < -0.3 is 67.1 Å². The molecule has 0 radical (unpaired) electrons. The number of unbranched alkanes of at least 4 members (excludes halogenated alkanes) is 6. The third-order valence-corrected chi connectivity index (χ3v) is 11.3. The van der Waals surface area contributed by atoms with Gasteiger partial charge in [-0.05, 0) is 38.5 Å². The maximum absolute atomic E-state index is 15.9. The van der Waals surface area contributed by atoms with Crippen LogP contribution >= 0.6 is 0 Å². The first-order valence-electron chi connectivity index (χ1n) is 23.6. The lowest BCUT2D eigenvalue weighted by Gasteiger charge is -2.50. The number of carbonyl (C=O) groups is 1. The third kappa shape index (κ3) is 17.3. The van der Waals surface area contributed by atoms with Crippen molar-refractivity contribution in [3.63, 3.8) is 0 Å². The molecular formula is C45H83FO15. The molecular weight excluding hydrogens is 799 g/mol. The first-order valence-corrected chi connectivity index (χ1v) is 23.6. The predicted molar refractivity (Wildman–Crippen MR) is 225 cm³/mol. The molecule has 3 rings (SSSR count). The van der Waals surface area contributed by atoms with Gasteiger partial charge in [0.1, 0.15) is 54.9 Å². The lowest BCUT2D eigenvalue weighted by molar-refractivity contribution is -0.378. The molecule has 3 saturated heterocycles. The standard InChI is InChI=1S/C45H83FO15/c1-9-15-21-50-28-33-37(53-24-18-12-4)40(55-26-20-14-6)42(56-31(8)48)45(59-33)60-38-34(29-51-22-16-10-2)58-44(30(7)36(38)52-23-17-11-3)61-41-39(54-25-19-13-5)35(49)32(27-47)57-43(41)46/h30,32-45,47,49H,9-29H2,1-8H3/t30-,32?,33?,34?,35+,36?,37-,38+,39?,40?,41+,42-,43-,44-,45-/m0/s1. The molecule has 15 nitrogen and oxygen atoms in total. The summed E-state index contributed by atoms with van der Waals surface area (Å²) in [5, 5.41) is 21.0. The van der Waals surface area contributed by atoms with E-state index in [-0.39, 0.29) is 19.8 Å². The summed E-state index contributed by atoms with van der Waals surface area (Å²) < 4.78 is 92.4. The van der Waals surface area contributed by atoms with Crippen molar-refractivity contribution in [2.45, 2.75) is 219 Å². The zero-order chi connectivity index (χ0) is 44.6. The van der Waals surface area contributed by atoms with E-state index in [4.69, 9.17) is 56.8 Å². The minimum atomic E-state index is -2.04. The fraction of sp³-hybridized carbons (Fsp3) is 0.978. The molecule has 0 aliphatic carbocycles. The lowest BCUT2D eigenvalue weighted by Crippen LogP contribution is -2.66. The predicted octanol–water partition coefficient (Wildman–Crippen LogP) is 6.20. The minimum absolute atomic E-state index is 0.0600. The fourth-order valence-electron chi connectivity index (χ4n) is 7.59. The fourth-order valence-corrected chi connectivity index (χ4v) is 7.59. The molecule has 6 unspecified atom stereocenters. The molecule has 0 saturated carbocycles. The number of halogens is 1. The van der Waals surface area contributed by atoms with Gasteiger partial charge in [0.25, 0.3) is 0 Å². The summed E-state index contributed by atoms with van der Waals surface area (Å²) in [7, 11) is 0. The molecule has 0 aromatic carbocycles. The second kappa shape index (κ2) is 30.9. The molecule has 0 spiro atoms. The Hall–Kier alpha value is -1.12. The summed E-state index contributed by atoms with van der Waals surface area (Å²) in [4.78, 5) is 12.9. The molecule has 3 fully saturated rings. The second-order valence-corrected chi connectivity index (χ2v) is 16.5. The van der Waals surface area contributed by atoms with Crippen LogP contribution in [0.3, 0.4) is 0 Å². The van der Waals surface area contributed by atoms with Crippen LogP contribution in [0.15, 0.2) is 0 Å². The molecule has 3 aliphatic heterocycles. The van der Waals surface area contributed by atoms with Crippen molar-refractivity contribution in [1.82, 2.24) is 0 Å². The number of aliphatic hydroxyl groups is 2. The van der Waals surface area contributed by atoms with E-state index in [2.05, 4.69) is 34.6 Å². The maximum Gasteiger partial charge on any atom is 0.303 e. The monoisotopic (exact) mass is 883 g/mol. The minimum Gasteiger partial charge on any atom is -0.454 e. The molecule has 2 N–H and O–H groups in total. The van der Waals surface area contributed by atoms with Gasteiger partial charge in [-0.1, -0.05) is 87.0 Å². The Morgan fingerprint density at radius 2 is 0.984 bits per heavy atom. The van der Waals surface area contributed by atoms with Crippen LogP contribution in [0.2, 0.25) is 0 Å². The van der Waals surface area contributed by atoms with Gasteiger partial charge in [0, 0.05) is 52.5 Å². The highest BCUT2D eigenvalue weighted by Crippen LogP contribution is 2.38. The van der Waals surface area contributed by atoms with Crippen LogP contribution in [0.25, 0.3) is 0 Å². The highest BCUT2D eigenvalue weighted by atomic mass is 19.1. The van der Waals surface area contributed by atoms with Crippen LogP contribution in [0, 0.1) is 5.92 Å². The molecule has 0 bridgehead atoms. The Labute approximate surface area is 365 Å². The SMILES string of the molecule is CCCCOCC1O[C@@H](O[C@@H]2C(OCCCC)[C@H](O)C(CO)O[C@@H]2F)[C@@H](C)C(OCCCC)[C@@H]1O[C@@H]1OC(COCCCC)[C@H](OCCCC)C(OCCCC)[C@@H]1OC(C)=O. The number of aliphatic hydroxyl groups excluding tert-OH is 2. The topological polar surface area (TPSA) is 168 Å². The van der Waals surface area contributed by atoms with Gasteiger partial charge in [-0.15, -0.1) is 0 Å². The second-order valence-electron chi connectivity index (χ2n) is 16.5. The number of esters is 1. The number of rotatable bonds is 32. The first-order chi connectivity index (χ1) is 29.6. The van der Waals surface area contributed by atoms with Crippen molar-refractivity contribution >= 4 is 5.97 Å². The average molecular weight is 883 g/mol. The van der Waals surface area contributed by atoms with Gasteiger partial charge in [0.05, 0.1) is 25.9 Å². The largest absolute Gasteiger partial charge is 0.454 e. The number of hydrogen-bond acceptors (Lipinski definition) is 15. The summed E-state index contributed by atoms with van der Waals surface area (Å²) in [6, 6.07) is 0. The molecule has 16 heteroatoms. The summed E-state index contributed by atoms with van der Waals surface area (Å²) >= 11 is 0. The lowest BCUT2D eigenvalue weighted by atomic mass is 9.91. The molecule has 0 amide bonds. The Bertz CT molecular complexity index is 1130. The summed E-state index contributed by atoms with van der Waals surface area (Å²) in [5.41, 5.74) is 0. The van der Waals surface area contributed by atoms with E-state index in [1.165, 1.54) is 6.92 Å². The van der Waals surface area contributed by atoms with Crippen LogP contribution in [0.1, 0.15) is 132 Å². The van der Waals surface area contributed by atoms with Gasteiger partial charge >= 0.3 is 5.97 Å². The van der Waals surface area contributed by atoms with Gasteiger partial charge in [-0.2, -0.15) is 0 Å². The molecule has 0 aromatic heterocycles. The highest BCUT2D eigenvalue weighted by Gasteiger charge is 2.56. The van der Waals surface area contributed by atoms with Gasteiger partial charge in [-0.25, -0.2) is 4.39 Å². The van der Waals surface area contributed by atoms with Crippen molar-refractivity contribution in [2.75, 3.05) is 59.5 Å². The van der Waals surface area contributed by atoms with Crippen LogP contribution in [0.4, 0.5) is 4.39 Å². The van der Waals surface area contributed by atoms with Crippen LogP contribution < -0.4 is 0 Å².